The quantitative estimate of drug-likeness (QED) is 0.465. The predicted molar refractivity (Wildman–Crippen MR) is 104 cm³/mol. The molecular formula is C20H23N3O4. The zero-order valence-electron chi connectivity index (χ0n) is 15.8. The fourth-order valence-corrected chi connectivity index (χ4v) is 2.44. The van der Waals surface area contributed by atoms with Gasteiger partial charge in [-0.05, 0) is 55.7 Å². The van der Waals surface area contributed by atoms with Crippen LogP contribution in [0.5, 0.6) is 11.5 Å². The lowest BCUT2D eigenvalue weighted by atomic mass is 10.1. The fraction of sp³-hybridized carbons (Fsp3) is 0.250. The molecule has 2 amide bonds. The Labute approximate surface area is 158 Å². The van der Waals surface area contributed by atoms with Gasteiger partial charge in [-0.25, -0.2) is 5.43 Å². The number of hydrogen-bond acceptors (Lipinski definition) is 5. The second-order valence-electron chi connectivity index (χ2n) is 5.76. The molecule has 0 saturated carbocycles. The number of amides is 2. The summed E-state index contributed by atoms with van der Waals surface area (Å²) >= 11 is 0. The number of carbonyl (C=O) groups excluding carboxylic acids is 2. The first-order valence-electron chi connectivity index (χ1n) is 8.47. The smallest absolute Gasteiger partial charge is 0.329 e. The van der Waals surface area contributed by atoms with Gasteiger partial charge in [0.05, 0.1) is 19.9 Å². The number of benzene rings is 2. The van der Waals surface area contributed by atoms with E-state index < -0.39 is 11.8 Å². The number of ether oxygens (including phenoxy) is 2. The Bertz CT molecular complexity index is 842. The van der Waals surface area contributed by atoms with E-state index in [1.807, 2.05) is 39.0 Å². The van der Waals surface area contributed by atoms with Crippen LogP contribution in [0, 0.1) is 13.8 Å². The summed E-state index contributed by atoms with van der Waals surface area (Å²) in [6, 6.07) is 10.8. The normalized spacial score (nSPS) is 10.5. The fourth-order valence-electron chi connectivity index (χ4n) is 2.44. The van der Waals surface area contributed by atoms with Crippen molar-refractivity contribution in [2.75, 3.05) is 19.0 Å². The molecule has 0 heterocycles. The molecule has 0 aliphatic carbocycles. The third-order valence-corrected chi connectivity index (χ3v) is 3.79. The van der Waals surface area contributed by atoms with Crippen LogP contribution in [0.1, 0.15) is 23.6 Å². The maximum Gasteiger partial charge on any atom is 0.329 e. The minimum Gasteiger partial charge on any atom is -0.493 e. The average Bonchev–Trinajstić information content (AvgIpc) is 2.65. The van der Waals surface area contributed by atoms with Gasteiger partial charge in [-0.15, -0.1) is 0 Å². The molecule has 7 heteroatoms. The lowest BCUT2D eigenvalue weighted by molar-refractivity contribution is -0.136. The standard InChI is InChI=1S/C20H23N3O4/c1-5-27-17-11-15(9-10-16(17)26-4)12-21-23-20(25)19(24)22-18-13(2)7-6-8-14(18)3/h6-12H,5H2,1-4H3,(H,22,24)(H,23,25)/b21-12-. The van der Waals surface area contributed by atoms with Gasteiger partial charge in [0.1, 0.15) is 0 Å². The Morgan fingerprint density at radius 1 is 1.07 bits per heavy atom. The van der Waals surface area contributed by atoms with Gasteiger partial charge < -0.3 is 14.8 Å². The number of anilines is 1. The summed E-state index contributed by atoms with van der Waals surface area (Å²) in [6.07, 6.45) is 1.42. The van der Waals surface area contributed by atoms with E-state index in [2.05, 4.69) is 15.8 Å². The summed E-state index contributed by atoms with van der Waals surface area (Å²) in [5, 5.41) is 6.43. The van der Waals surface area contributed by atoms with Gasteiger partial charge in [-0.1, -0.05) is 18.2 Å². The molecule has 0 atom stereocenters. The summed E-state index contributed by atoms with van der Waals surface area (Å²) < 4.78 is 10.7. The van der Waals surface area contributed by atoms with E-state index in [-0.39, 0.29) is 0 Å². The molecule has 2 aromatic rings. The lowest BCUT2D eigenvalue weighted by Gasteiger charge is -2.10. The monoisotopic (exact) mass is 369 g/mol. The highest BCUT2D eigenvalue weighted by atomic mass is 16.5. The number of nitrogens with zero attached hydrogens (tertiary/aromatic N) is 1. The Balaban J connectivity index is 2.00. The Hall–Kier alpha value is -3.35. The van der Waals surface area contributed by atoms with Gasteiger partial charge in [0.2, 0.25) is 0 Å². The van der Waals surface area contributed by atoms with E-state index in [9.17, 15) is 9.59 Å². The van der Waals surface area contributed by atoms with Crippen LogP contribution < -0.4 is 20.2 Å². The number of hydrazone groups is 1. The van der Waals surface area contributed by atoms with Gasteiger partial charge in [-0.2, -0.15) is 5.10 Å². The van der Waals surface area contributed by atoms with Gasteiger partial charge in [-0.3, -0.25) is 9.59 Å². The van der Waals surface area contributed by atoms with Crippen molar-refractivity contribution in [3.05, 3.63) is 53.1 Å². The molecule has 0 saturated heterocycles. The van der Waals surface area contributed by atoms with E-state index in [1.165, 1.54) is 6.21 Å². The highest BCUT2D eigenvalue weighted by molar-refractivity contribution is 6.39. The highest BCUT2D eigenvalue weighted by Crippen LogP contribution is 2.27. The van der Waals surface area contributed by atoms with Crippen molar-refractivity contribution in [2.24, 2.45) is 5.10 Å². The molecular weight excluding hydrogens is 346 g/mol. The minimum atomic E-state index is -0.854. The Morgan fingerprint density at radius 3 is 2.41 bits per heavy atom. The van der Waals surface area contributed by atoms with Crippen molar-refractivity contribution in [1.82, 2.24) is 5.43 Å². The predicted octanol–water partition coefficient (Wildman–Crippen LogP) is 2.80. The molecule has 0 aromatic heterocycles. The van der Waals surface area contributed by atoms with E-state index in [4.69, 9.17) is 9.47 Å². The number of para-hydroxylation sites is 1. The molecule has 0 unspecified atom stereocenters. The third-order valence-electron chi connectivity index (χ3n) is 3.79. The van der Waals surface area contributed by atoms with Gasteiger partial charge >= 0.3 is 11.8 Å². The maximum atomic E-state index is 12.0. The molecule has 0 aliphatic heterocycles. The maximum absolute atomic E-state index is 12.0. The van der Waals surface area contributed by atoms with Crippen molar-refractivity contribution in [2.45, 2.75) is 20.8 Å². The van der Waals surface area contributed by atoms with Gasteiger partial charge in [0.25, 0.3) is 0 Å². The van der Waals surface area contributed by atoms with E-state index in [0.29, 0.717) is 29.4 Å². The van der Waals surface area contributed by atoms with Crippen molar-refractivity contribution < 1.29 is 19.1 Å². The van der Waals surface area contributed by atoms with Crippen LogP contribution in [-0.2, 0) is 9.59 Å². The minimum absolute atomic E-state index is 0.492. The molecule has 7 nitrogen and oxygen atoms in total. The van der Waals surface area contributed by atoms with Gasteiger partial charge in [0.15, 0.2) is 11.5 Å². The summed E-state index contributed by atoms with van der Waals surface area (Å²) in [6.45, 7) is 6.08. The van der Waals surface area contributed by atoms with Crippen LogP contribution in [0.4, 0.5) is 5.69 Å². The van der Waals surface area contributed by atoms with Crippen molar-refractivity contribution in [3.63, 3.8) is 0 Å². The number of nitrogens with one attached hydrogen (secondary N) is 2. The largest absolute Gasteiger partial charge is 0.493 e. The third kappa shape index (κ3) is 5.31. The van der Waals surface area contributed by atoms with Crippen LogP contribution in [0.3, 0.4) is 0 Å². The molecule has 2 rings (SSSR count). The number of methoxy groups -OCH3 is 1. The van der Waals surface area contributed by atoms with Crippen LogP contribution in [-0.4, -0.2) is 31.7 Å². The first-order chi connectivity index (χ1) is 13.0. The molecule has 0 aliphatic rings. The SMILES string of the molecule is CCOc1cc(/C=N\NC(=O)C(=O)Nc2c(C)cccc2C)ccc1OC. The summed E-state index contributed by atoms with van der Waals surface area (Å²) in [7, 11) is 1.56. The highest BCUT2D eigenvalue weighted by Gasteiger charge is 2.15. The second-order valence-corrected chi connectivity index (χ2v) is 5.76. The molecule has 2 N–H and O–H groups in total. The summed E-state index contributed by atoms with van der Waals surface area (Å²) in [5.74, 6) is -0.462. The van der Waals surface area contributed by atoms with Crippen molar-refractivity contribution >= 4 is 23.7 Å². The Kier molecular flexibility index (Phi) is 6.93. The van der Waals surface area contributed by atoms with Crippen LogP contribution >= 0.6 is 0 Å². The lowest BCUT2D eigenvalue weighted by Crippen LogP contribution is -2.32. The summed E-state index contributed by atoms with van der Waals surface area (Å²) in [5.41, 5.74) is 5.28. The van der Waals surface area contributed by atoms with E-state index in [0.717, 1.165) is 11.1 Å². The molecule has 0 bridgehead atoms. The Morgan fingerprint density at radius 2 is 1.78 bits per heavy atom. The second kappa shape index (κ2) is 9.38. The van der Waals surface area contributed by atoms with E-state index in [1.54, 1.807) is 25.3 Å². The van der Waals surface area contributed by atoms with E-state index >= 15 is 0 Å². The number of rotatable bonds is 6. The number of hydrogen-bond donors (Lipinski definition) is 2. The molecule has 2 aromatic carbocycles. The topological polar surface area (TPSA) is 89.0 Å². The molecule has 142 valence electrons. The molecule has 0 radical (unpaired) electrons. The average molecular weight is 369 g/mol. The van der Waals surface area contributed by atoms with Crippen LogP contribution in [0.2, 0.25) is 0 Å². The molecule has 0 fully saturated rings. The van der Waals surface area contributed by atoms with Gasteiger partial charge in [0, 0.05) is 5.69 Å². The molecule has 27 heavy (non-hydrogen) atoms. The van der Waals surface area contributed by atoms with Crippen LogP contribution in [0.15, 0.2) is 41.5 Å². The zero-order chi connectivity index (χ0) is 19.8. The zero-order valence-corrected chi connectivity index (χ0v) is 15.8. The van der Waals surface area contributed by atoms with Crippen LogP contribution in [0.25, 0.3) is 0 Å². The first-order valence-corrected chi connectivity index (χ1v) is 8.47. The number of carbonyl (C=O) groups is 2. The summed E-state index contributed by atoms with van der Waals surface area (Å²) in [4.78, 5) is 24.0. The van der Waals surface area contributed by atoms with Crippen molar-refractivity contribution in [1.29, 1.82) is 0 Å². The first kappa shape index (κ1) is 20.0. The number of aryl methyl sites for hydroxylation is 2. The molecule has 0 spiro atoms. The van der Waals surface area contributed by atoms with Crippen molar-refractivity contribution in [3.8, 4) is 11.5 Å².